The van der Waals surface area contributed by atoms with E-state index in [-0.39, 0.29) is 11.4 Å². The van der Waals surface area contributed by atoms with Crippen LogP contribution in [0.15, 0.2) is 71.6 Å². The summed E-state index contributed by atoms with van der Waals surface area (Å²) < 4.78 is 40.1. The Labute approximate surface area is 218 Å². The molecule has 1 amide bonds. The minimum atomic E-state index is -4.20. The van der Waals surface area contributed by atoms with Crippen LogP contribution in [0.1, 0.15) is 43.4 Å². The first-order chi connectivity index (χ1) is 17.8. The van der Waals surface area contributed by atoms with Crippen molar-refractivity contribution in [3.8, 4) is 11.5 Å². The number of benzene rings is 3. The fourth-order valence-corrected chi connectivity index (χ4v) is 6.19. The van der Waals surface area contributed by atoms with E-state index in [1.54, 1.807) is 31.2 Å². The van der Waals surface area contributed by atoms with Gasteiger partial charge >= 0.3 is 0 Å². The van der Waals surface area contributed by atoms with E-state index in [2.05, 4.69) is 12.2 Å². The molecule has 0 aromatic heterocycles. The quantitative estimate of drug-likeness (QED) is 0.387. The molecule has 0 saturated carbocycles. The van der Waals surface area contributed by atoms with Crippen molar-refractivity contribution in [3.63, 3.8) is 0 Å². The summed E-state index contributed by atoms with van der Waals surface area (Å²) in [5, 5.41) is 2.79. The van der Waals surface area contributed by atoms with E-state index < -0.39 is 15.9 Å². The van der Waals surface area contributed by atoms with Gasteiger partial charge in [-0.1, -0.05) is 55.8 Å². The summed E-state index contributed by atoms with van der Waals surface area (Å²) in [7, 11) is -1.19. The van der Waals surface area contributed by atoms with Gasteiger partial charge in [0.1, 0.15) is 0 Å². The van der Waals surface area contributed by atoms with Crippen LogP contribution < -0.4 is 19.1 Å². The molecule has 0 unspecified atom stereocenters. The van der Waals surface area contributed by atoms with E-state index in [4.69, 9.17) is 9.47 Å². The molecule has 8 heteroatoms. The number of fused-ring (bicyclic) bond motifs is 1. The number of nitrogens with zero attached hydrogens (tertiary/aromatic N) is 1. The first-order valence-corrected chi connectivity index (χ1v) is 13.7. The van der Waals surface area contributed by atoms with Gasteiger partial charge in [0.15, 0.2) is 16.4 Å². The summed E-state index contributed by atoms with van der Waals surface area (Å²) in [6, 6.07) is 20.1. The van der Waals surface area contributed by atoms with Gasteiger partial charge in [0.25, 0.3) is 15.9 Å². The summed E-state index contributed by atoms with van der Waals surface area (Å²) in [5.41, 5.74) is 3.85. The SMILES string of the molecule is CCCCc1ccc(NC(=O)C2=C(C)c3cc(OC)c(OC)cc3N(Cc3ccccc3)S2(=O)=O)cc1. The number of carbonyl (C=O) groups excluding carboxylic acids is 1. The summed E-state index contributed by atoms with van der Waals surface area (Å²) in [6.07, 6.45) is 3.14. The summed E-state index contributed by atoms with van der Waals surface area (Å²) in [6.45, 7) is 3.84. The van der Waals surface area contributed by atoms with Gasteiger partial charge in [-0.25, -0.2) is 8.42 Å². The molecule has 1 N–H and O–H groups in total. The molecule has 0 bridgehead atoms. The lowest BCUT2D eigenvalue weighted by Crippen LogP contribution is -2.39. The monoisotopic (exact) mass is 520 g/mol. The molecule has 0 radical (unpaired) electrons. The van der Waals surface area contributed by atoms with Crippen LogP contribution in [0.2, 0.25) is 0 Å². The van der Waals surface area contributed by atoms with E-state index in [1.165, 1.54) is 24.1 Å². The van der Waals surface area contributed by atoms with Crippen molar-refractivity contribution in [2.45, 2.75) is 39.7 Å². The van der Waals surface area contributed by atoms with Crippen molar-refractivity contribution >= 4 is 32.9 Å². The average Bonchev–Trinajstić information content (AvgIpc) is 2.90. The zero-order chi connectivity index (χ0) is 26.6. The number of hydrogen-bond acceptors (Lipinski definition) is 5. The largest absolute Gasteiger partial charge is 0.493 e. The Bertz CT molecular complexity index is 1410. The lowest BCUT2D eigenvalue weighted by molar-refractivity contribution is -0.112. The van der Waals surface area contributed by atoms with E-state index in [1.807, 2.05) is 42.5 Å². The molecule has 37 heavy (non-hydrogen) atoms. The minimum Gasteiger partial charge on any atom is -0.493 e. The number of aryl methyl sites for hydroxylation is 1. The second kappa shape index (κ2) is 11.1. The highest BCUT2D eigenvalue weighted by atomic mass is 32.2. The van der Waals surface area contributed by atoms with E-state index >= 15 is 0 Å². The molecule has 4 rings (SSSR count). The number of carbonyl (C=O) groups is 1. The number of unbranched alkanes of at least 4 members (excludes halogenated alkanes) is 1. The second-order valence-electron chi connectivity index (χ2n) is 8.93. The Morgan fingerprint density at radius 1 is 0.919 bits per heavy atom. The third kappa shape index (κ3) is 5.34. The van der Waals surface area contributed by atoms with E-state index in [0.29, 0.717) is 34.0 Å². The molecule has 0 spiro atoms. The summed E-state index contributed by atoms with van der Waals surface area (Å²) in [4.78, 5) is 13.2. The number of hydrogen-bond donors (Lipinski definition) is 1. The molecular formula is C29H32N2O5S. The number of methoxy groups -OCH3 is 2. The van der Waals surface area contributed by atoms with Crippen LogP contribution in [0.4, 0.5) is 11.4 Å². The maximum absolute atomic E-state index is 14.0. The van der Waals surface area contributed by atoms with Crippen molar-refractivity contribution in [1.29, 1.82) is 0 Å². The van der Waals surface area contributed by atoms with Gasteiger partial charge in [-0.05, 0) is 54.7 Å². The molecule has 7 nitrogen and oxygen atoms in total. The van der Waals surface area contributed by atoms with E-state index in [9.17, 15) is 13.2 Å². The van der Waals surface area contributed by atoms with Crippen LogP contribution in [-0.4, -0.2) is 28.5 Å². The normalized spacial score (nSPS) is 14.2. The lowest BCUT2D eigenvalue weighted by Gasteiger charge is -2.33. The van der Waals surface area contributed by atoms with Crippen LogP contribution in [0, 0.1) is 0 Å². The average molecular weight is 521 g/mol. The molecule has 1 aliphatic rings. The number of anilines is 2. The number of sulfonamides is 1. The standard InChI is InChI=1S/C29H32N2O5S/c1-5-6-10-21-13-15-23(16-14-21)30-29(32)28-20(2)24-17-26(35-3)27(36-4)18-25(24)31(37(28,33)34)19-22-11-8-7-9-12-22/h7-9,11-18H,5-6,10,19H2,1-4H3,(H,30,32). The van der Waals surface area contributed by atoms with Gasteiger partial charge in [0.05, 0.1) is 26.5 Å². The Balaban J connectivity index is 1.78. The fraction of sp³-hybridized carbons (Fsp3) is 0.276. The van der Waals surface area contributed by atoms with E-state index in [0.717, 1.165) is 24.8 Å². The highest BCUT2D eigenvalue weighted by molar-refractivity contribution is 7.97. The first-order valence-electron chi connectivity index (χ1n) is 12.2. The Morgan fingerprint density at radius 2 is 1.57 bits per heavy atom. The van der Waals surface area contributed by atoms with Crippen molar-refractivity contribution in [2.75, 3.05) is 23.8 Å². The fourth-order valence-electron chi connectivity index (χ4n) is 4.46. The molecule has 0 aliphatic carbocycles. The molecule has 3 aromatic carbocycles. The number of rotatable bonds is 9. The number of allylic oxidation sites excluding steroid dienone is 1. The minimum absolute atomic E-state index is 0.0574. The van der Waals surface area contributed by atoms with Crippen LogP contribution >= 0.6 is 0 Å². The number of nitrogens with one attached hydrogen (secondary N) is 1. The van der Waals surface area contributed by atoms with Gasteiger partial charge in [0, 0.05) is 17.3 Å². The molecule has 1 aliphatic heterocycles. The first kappa shape index (κ1) is 26.3. The maximum Gasteiger partial charge on any atom is 0.270 e. The van der Waals surface area contributed by atoms with Gasteiger partial charge in [-0.15, -0.1) is 0 Å². The molecule has 1 heterocycles. The number of amides is 1. The van der Waals surface area contributed by atoms with Crippen molar-refractivity contribution in [3.05, 3.63) is 88.3 Å². The van der Waals surface area contributed by atoms with Gasteiger partial charge in [-0.3, -0.25) is 9.10 Å². The Hall–Kier alpha value is -3.78. The number of ether oxygens (including phenoxy) is 2. The molecular weight excluding hydrogens is 488 g/mol. The van der Waals surface area contributed by atoms with Crippen molar-refractivity contribution < 1.29 is 22.7 Å². The van der Waals surface area contributed by atoms with Crippen molar-refractivity contribution in [1.82, 2.24) is 0 Å². The molecule has 3 aromatic rings. The van der Waals surface area contributed by atoms with Crippen molar-refractivity contribution in [2.24, 2.45) is 0 Å². The van der Waals surface area contributed by atoms with Crippen LogP contribution in [0.5, 0.6) is 11.5 Å². The lowest BCUT2D eigenvalue weighted by atomic mass is 10.0. The van der Waals surface area contributed by atoms with Gasteiger partial charge in [0.2, 0.25) is 0 Å². The third-order valence-electron chi connectivity index (χ3n) is 6.47. The maximum atomic E-state index is 14.0. The van der Waals surface area contributed by atoms with Crippen LogP contribution in [0.25, 0.3) is 5.57 Å². The predicted molar refractivity (Wildman–Crippen MR) is 147 cm³/mol. The second-order valence-corrected chi connectivity index (χ2v) is 10.7. The zero-order valence-corrected chi connectivity index (χ0v) is 22.4. The third-order valence-corrected chi connectivity index (χ3v) is 8.38. The highest BCUT2D eigenvalue weighted by Crippen LogP contribution is 2.45. The molecule has 0 atom stereocenters. The van der Waals surface area contributed by atoms with Crippen LogP contribution in [0.3, 0.4) is 0 Å². The van der Waals surface area contributed by atoms with Crippen LogP contribution in [-0.2, 0) is 27.8 Å². The highest BCUT2D eigenvalue weighted by Gasteiger charge is 2.40. The topological polar surface area (TPSA) is 84.9 Å². The molecule has 194 valence electrons. The van der Waals surface area contributed by atoms with Gasteiger partial charge < -0.3 is 14.8 Å². The summed E-state index contributed by atoms with van der Waals surface area (Å²) in [5.74, 6) is 0.165. The smallest absolute Gasteiger partial charge is 0.270 e. The van der Waals surface area contributed by atoms with Gasteiger partial charge in [-0.2, -0.15) is 0 Å². The molecule has 0 saturated heterocycles. The Morgan fingerprint density at radius 3 is 2.19 bits per heavy atom. The zero-order valence-electron chi connectivity index (χ0n) is 21.6. The summed E-state index contributed by atoms with van der Waals surface area (Å²) >= 11 is 0. The molecule has 0 fully saturated rings. The Kier molecular flexibility index (Phi) is 7.88. The predicted octanol–water partition coefficient (Wildman–Crippen LogP) is 5.77.